The van der Waals surface area contributed by atoms with E-state index in [4.69, 9.17) is 10.5 Å². The molecule has 0 saturated carbocycles. The van der Waals surface area contributed by atoms with Gasteiger partial charge in [0, 0.05) is 22.8 Å². The SMILES string of the molecule is C=C(Br)CNC(=O)CCOc1cccc(N)c1. The zero-order chi connectivity index (χ0) is 12.7. The second kappa shape index (κ2) is 6.96. The molecule has 0 fully saturated rings. The van der Waals surface area contributed by atoms with Crippen LogP contribution in [0.1, 0.15) is 6.42 Å². The lowest BCUT2D eigenvalue weighted by Crippen LogP contribution is -2.25. The molecule has 4 nitrogen and oxygen atoms in total. The van der Waals surface area contributed by atoms with Crippen molar-refractivity contribution < 1.29 is 9.53 Å². The quantitative estimate of drug-likeness (QED) is 0.790. The molecule has 0 aliphatic heterocycles. The number of amides is 1. The molecule has 5 heteroatoms. The Bertz CT molecular complexity index is 407. The lowest BCUT2D eigenvalue weighted by molar-refractivity contribution is -0.121. The van der Waals surface area contributed by atoms with Crippen molar-refractivity contribution in [1.82, 2.24) is 5.32 Å². The Balaban J connectivity index is 2.23. The third-order valence-electron chi connectivity index (χ3n) is 1.93. The standard InChI is InChI=1S/C12H15BrN2O2/c1-9(13)8-15-12(16)5-6-17-11-4-2-3-10(14)7-11/h2-4,7H,1,5-6,8,14H2,(H,15,16). The maximum atomic E-state index is 11.3. The first kappa shape index (κ1) is 13.6. The van der Waals surface area contributed by atoms with Crippen molar-refractivity contribution >= 4 is 27.5 Å². The minimum absolute atomic E-state index is 0.0745. The third-order valence-corrected chi connectivity index (χ3v) is 2.21. The van der Waals surface area contributed by atoms with Crippen LogP contribution in [0.5, 0.6) is 5.75 Å². The van der Waals surface area contributed by atoms with Gasteiger partial charge in [0.05, 0.1) is 13.0 Å². The van der Waals surface area contributed by atoms with Gasteiger partial charge in [0.15, 0.2) is 0 Å². The Kier molecular flexibility index (Phi) is 5.56. The van der Waals surface area contributed by atoms with Crippen LogP contribution in [0, 0.1) is 0 Å². The zero-order valence-corrected chi connectivity index (χ0v) is 11.0. The summed E-state index contributed by atoms with van der Waals surface area (Å²) in [6, 6.07) is 7.10. The monoisotopic (exact) mass is 298 g/mol. The van der Waals surface area contributed by atoms with Crippen LogP contribution >= 0.6 is 15.9 Å². The van der Waals surface area contributed by atoms with Gasteiger partial charge < -0.3 is 15.8 Å². The van der Waals surface area contributed by atoms with E-state index in [2.05, 4.69) is 27.8 Å². The molecule has 3 N–H and O–H groups in total. The maximum Gasteiger partial charge on any atom is 0.223 e. The Morgan fingerprint density at radius 3 is 2.94 bits per heavy atom. The highest BCUT2D eigenvalue weighted by Gasteiger charge is 2.01. The van der Waals surface area contributed by atoms with Gasteiger partial charge in [-0.1, -0.05) is 28.6 Å². The number of nitrogens with one attached hydrogen (secondary N) is 1. The first-order chi connectivity index (χ1) is 8.08. The van der Waals surface area contributed by atoms with E-state index in [0.29, 0.717) is 31.0 Å². The van der Waals surface area contributed by atoms with Crippen molar-refractivity contribution in [2.45, 2.75) is 6.42 Å². The molecule has 0 heterocycles. The number of nitrogen functional groups attached to an aromatic ring is 1. The van der Waals surface area contributed by atoms with E-state index in [-0.39, 0.29) is 5.91 Å². The normalized spacial score (nSPS) is 9.71. The van der Waals surface area contributed by atoms with Crippen LogP contribution in [-0.4, -0.2) is 19.1 Å². The van der Waals surface area contributed by atoms with E-state index in [9.17, 15) is 4.79 Å². The molecule has 0 aliphatic rings. The largest absolute Gasteiger partial charge is 0.493 e. The van der Waals surface area contributed by atoms with Gasteiger partial charge in [-0.2, -0.15) is 0 Å². The number of anilines is 1. The van der Waals surface area contributed by atoms with Gasteiger partial charge >= 0.3 is 0 Å². The van der Waals surface area contributed by atoms with Gasteiger partial charge in [-0.3, -0.25) is 4.79 Å². The maximum absolute atomic E-state index is 11.3. The molecular weight excluding hydrogens is 284 g/mol. The Morgan fingerprint density at radius 1 is 1.53 bits per heavy atom. The first-order valence-electron chi connectivity index (χ1n) is 5.16. The van der Waals surface area contributed by atoms with Crippen molar-refractivity contribution in [3.63, 3.8) is 0 Å². The van der Waals surface area contributed by atoms with Crippen molar-refractivity contribution in [3.8, 4) is 5.75 Å². The summed E-state index contributed by atoms with van der Waals surface area (Å²) in [4.78, 5) is 11.3. The van der Waals surface area contributed by atoms with E-state index in [1.54, 1.807) is 24.3 Å². The van der Waals surface area contributed by atoms with E-state index in [0.717, 1.165) is 4.48 Å². The fraction of sp³-hybridized carbons (Fsp3) is 0.250. The lowest BCUT2D eigenvalue weighted by atomic mass is 10.3. The van der Waals surface area contributed by atoms with Crippen LogP contribution < -0.4 is 15.8 Å². The number of ether oxygens (including phenoxy) is 1. The van der Waals surface area contributed by atoms with Crippen LogP contribution in [0.25, 0.3) is 0 Å². The number of halogens is 1. The summed E-state index contributed by atoms with van der Waals surface area (Å²) >= 11 is 3.16. The molecule has 92 valence electrons. The van der Waals surface area contributed by atoms with E-state index in [1.165, 1.54) is 0 Å². The average molecular weight is 299 g/mol. The molecule has 0 aliphatic carbocycles. The number of carbonyl (C=O) groups is 1. The van der Waals surface area contributed by atoms with Gasteiger partial charge in [0.1, 0.15) is 5.75 Å². The second-order valence-corrected chi connectivity index (χ2v) is 4.59. The molecule has 17 heavy (non-hydrogen) atoms. The van der Waals surface area contributed by atoms with E-state index in [1.807, 2.05) is 0 Å². The molecule has 0 aromatic heterocycles. The fourth-order valence-corrected chi connectivity index (χ4v) is 1.29. The average Bonchev–Trinajstić information content (AvgIpc) is 2.26. The first-order valence-corrected chi connectivity index (χ1v) is 5.95. The molecule has 0 spiro atoms. The minimum atomic E-state index is -0.0745. The highest BCUT2D eigenvalue weighted by molar-refractivity contribution is 9.11. The Hall–Kier alpha value is -1.49. The van der Waals surface area contributed by atoms with Crippen molar-refractivity contribution in [3.05, 3.63) is 35.3 Å². The molecule has 0 radical (unpaired) electrons. The lowest BCUT2D eigenvalue weighted by Gasteiger charge is -2.07. The number of rotatable bonds is 6. The molecule has 1 rings (SSSR count). The number of benzene rings is 1. The highest BCUT2D eigenvalue weighted by Crippen LogP contribution is 2.14. The van der Waals surface area contributed by atoms with E-state index < -0.39 is 0 Å². The van der Waals surface area contributed by atoms with Gasteiger partial charge in [-0.15, -0.1) is 0 Å². The summed E-state index contributed by atoms with van der Waals surface area (Å²) in [5, 5.41) is 2.69. The van der Waals surface area contributed by atoms with Crippen LogP contribution in [0.15, 0.2) is 35.3 Å². The topological polar surface area (TPSA) is 64.3 Å². The van der Waals surface area contributed by atoms with Gasteiger partial charge in [0.2, 0.25) is 5.91 Å². The molecule has 0 saturated heterocycles. The number of hydrogen-bond donors (Lipinski definition) is 2. The Labute approximate surface area is 109 Å². The Morgan fingerprint density at radius 2 is 2.29 bits per heavy atom. The van der Waals surface area contributed by atoms with Crippen molar-refractivity contribution in [2.75, 3.05) is 18.9 Å². The highest BCUT2D eigenvalue weighted by atomic mass is 79.9. The molecule has 1 aromatic rings. The predicted molar refractivity (Wildman–Crippen MR) is 72.0 cm³/mol. The van der Waals surface area contributed by atoms with Gasteiger partial charge in [0.25, 0.3) is 0 Å². The molecule has 1 aromatic carbocycles. The fourth-order valence-electron chi connectivity index (χ4n) is 1.15. The summed E-state index contributed by atoms with van der Waals surface area (Å²) < 4.78 is 6.13. The van der Waals surface area contributed by atoms with Gasteiger partial charge in [-0.25, -0.2) is 0 Å². The summed E-state index contributed by atoms with van der Waals surface area (Å²) in [6.07, 6.45) is 0.301. The van der Waals surface area contributed by atoms with Gasteiger partial charge in [-0.05, 0) is 12.1 Å². The van der Waals surface area contributed by atoms with Crippen LogP contribution in [-0.2, 0) is 4.79 Å². The van der Waals surface area contributed by atoms with Crippen molar-refractivity contribution in [2.24, 2.45) is 0 Å². The summed E-state index contributed by atoms with van der Waals surface area (Å²) in [5.41, 5.74) is 6.24. The van der Waals surface area contributed by atoms with Crippen LogP contribution in [0.4, 0.5) is 5.69 Å². The number of hydrogen-bond acceptors (Lipinski definition) is 3. The molecule has 1 amide bonds. The molecule has 0 bridgehead atoms. The third kappa shape index (κ3) is 5.97. The van der Waals surface area contributed by atoms with Crippen LogP contribution in [0.3, 0.4) is 0 Å². The van der Waals surface area contributed by atoms with Crippen molar-refractivity contribution in [1.29, 1.82) is 0 Å². The summed E-state index contributed by atoms with van der Waals surface area (Å²) in [5.74, 6) is 0.595. The predicted octanol–water partition coefficient (Wildman–Crippen LogP) is 2.06. The zero-order valence-electron chi connectivity index (χ0n) is 9.41. The molecular formula is C12H15BrN2O2. The molecule has 0 unspecified atom stereocenters. The van der Waals surface area contributed by atoms with E-state index >= 15 is 0 Å². The number of carbonyl (C=O) groups excluding carboxylic acids is 1. The minimum Gasteiger partial charge on any atom is -0.493 e. The summed E-state index contributed by atoms with van der Waals surface area (Å²) in [6.45, 7) is 4.37. The second-order valence-electron chi connectivity index (χ2n) is 3.46. The van der Waals surface area contributed by atoms with Crippen LogP contribution in [0.2, 0.25) is 0 Å². The number of nitrogens with two attached hydrogens (primary N) is 1. The molecule has 0 atom stereocenters. The summed E-state index contributed by atoms with van der Waals surface area (Å²) in [7, 11) is 0. The smallest absolute Gasteiger partial charge is 0.223 e.